The average Bonchev–Trinajstić information content (AvgIpc) is 3.08. The van der Waals surface area contributed by atoms with Crippen LogP contribution in [0, 0.1) is 23.2 Å². The smallest absolute Gasteiger partial charge is 0.243 e. The number of piperidine rings is 1. The molecule has 1 aromatic carbocycles. The molecule has 0 saturated carbocycles. The monoisotopic (exact) mass is 404 g/mol. The van der Waals surface area contributed by atoms with Gasteiger partial charge in [-0.25, -0.2) is 8.42 Å². The summed E-state index contributed by atoms with van der Waals surface area (Å²) in [4.78, 5) is 26.0. The van der Waals surface area contributed by atoms with E-state index in [0.29, 0.717) is 24.7 Å². The number of sulfonamides is 1. The van der Waals surface area contributed by atoms with Crippen molar-refractivity contribution in [3.63, 3.8) is 0 Å². The average molecular weight is 404 g/mol. The fraction of sp³-hybridized carbons (Fsp3) is 0.526. The number of benzene rings is 1. The summed E-state index contributed by atoms with van der Waals surface area (Å²) in [6, 6.07) is 8.07. The molecule has 1 atom stereocenters. The first-order valence-corrected chi connectivity index (χ1v) is 10.8. The molecule has 9 heteroatoms. The van der Waals surface area contributed by atoms with Crippen molar-refractivity contribution in [2.75, 3.05) is 31.1 Å². The summed E-state index contributed by atoms with van der Waals surface area (Å²) in [6.07, 6.45) is 1.78. The lowest BCUT2D eigenvalue weighted by Crippen LogP contribution is -2.37. The second kappa shape index (κ2) is 8.29. The summed E-state index contributed by atoms with van der Waals surface area (Å²) >= 11 is 0. The Labute approximate surface area is 165 Å². The lowest BCUT2D eigenvalue weighted by molar-refractivity contribution is -0.126. The van der Waals surface area contributed by atoms with Gasteiger partial charge in [0.2, 0.25) is 21.8 Å². The van der Waals surface area contributed by atoms with Gasteiger partial charge in [-0.15, -0.1) is 0 Å². The van der Waals surface area contributed by atoms with Crippen molar-refractivity contribution in [2.24, 2.45) is 11.8 Å². The van der Waals surface area contributed by atoms with E-state index in [1.54, 1.807) is 12.1 Å². The van der Waals surface area contributed by atoms with Crippen molar-refractivity contribution in [1.29, 1.82) is 5.26 Å². The molecule has 150 valence electrons. The van der Waals surface area contributed by atoms with Crippen molar-refractivity contribution in [3.05, 3.63) is 24.3 Å². The van der Waals surface area contributed by atoms with Crippen LogP contribution in [0.1, 0.15) is 26.2 Å². The number of anilines is 1. The fourth-order valence-corrected chi connectivity index (χ4v) is 5.05. The van der Waals surface area contributed by atoms with Crippen LogP contribution in [0.5, 0.6) is 0 Å². The van der Waals surface area contributed by atoms with Gasteiger partial charge in [-0.1, -0.05) is 6.92 Å². The highest BCUT2D eigenvalue weighted by atomic mass is 32.2. The molecule has 8 nitrogen and oxygen atoms in total. The molecule has 1 N–H and O–H groups in total. The molecule has 2 saturated heterocycles. The number of carbonyl (C=O) groups is 2. The summed E-state index contributed by atoms with van der Waals surface area (Å²) in [6.45, 7) is 3.29. The minimum atomic E-state index is -3.54. The lowest BCUT2D eigenvalue weighted by atomic mass is 10.0. The molecule has 0 bridgehead atoms. The number of nitrogens with one attached hydrogen (secondary N) is 1. The van der Waals surface area contributed by atoms with E-state index in [1.807, 2.05) is 6.07 Å². The molecule has 0 unspecified atom stereocenters. The highest BCUT2D eigenvalue weighted by molar-refractivity contribution is 7.89. The van der Waals surface area contributed by atoms with E-state index in [-0.39, 0.29) is 36.2 Å². The molecular weight excluding hydrogens is 380 g/mol. The third-order valence-corrected chi connectivity index (χ3v) is 7.28. The second-order valence-electron chi connectivity index (χ2n) is 7.36. The summed E-state index contributed by atoms with van der Waals surface area (Å²) in [7, 11) is -3.54. The van der Waals surface area contributed by atoms with Gasteiger partial charge in [-0.05, 0) is 43.0 Å². The van der Waals surface area contributed by atoms with Crippen LogP contribution in [0.25, 0.3) is 0 Å². The number of hydrogen-bond donors (Lipinski definition) is 1. The van der Waals surface area contributed by atoms with E-state index in [9.17, 15) is 18.0 Å². The minimum Gasteiger partial charge on any atom is -0.343 e. The molecule has 0 aromatic heterocycles. The van der Waals surface area contributed by atoms with Gasteiger partial charge in [0, 0.05) is 31.7 Å². The maximum atomic E-state index is 12.8. The molecule has 3 rings (SSSR count). The summed E-state index contributed by atoms with van der Waals surface area (Å²) < 4.78 is 27.1. The van der Waals surface area contributed by atoms with Crippen molar-refractivity contribution >= 4 is 27.5 Å². The summed E-state index contributed by atoms with van der Waals surface area (Å²) in [5, 5.41) is 11.0. The molecule has 0 aliphatic carbocycles. The highest BCUT2D eigenvalue weighted by Gasteiger charge is 2.35. The maximum Gasteiger partial charge on any atom is 0.243 e. The molecule has 2 aliphatic heterocycles. The molecule has 0 spiro atoms. The first-order chi connectivity index (χ1) is 13.3. The molecule has 28 heavy (non-hydrogen) atoms. The van der Waals surface area contributed by atoms with E-state index in [0.717, 1.165) is 12.8 Å². The third kappa shape index (κ3) is 4.18. The van der Waals surface area contributed by atoms with Crippen LogP contribution in [-0.4, -0.2) is 50.7 Å². The first kappa shape index (κ1) is 20.3. The topological polar surface area (TPSA) is 111 Å². The Bertz CT molecular complexity index is 884. The minimum absolute atomic E-state index is 0.0727. The van der Waals surface area contributed by atoms with Gasteiger partial charge >= 0.3 is 0 Å². The zero-order chi connectivity index (χ0) is 20.3. The van der Waals surface area contributed by atoms with Gasteiger partial charge < -0.3 is 10.2 Å². The van der Waals surface area contributed by atoms with E-state index in [2.05, 4.69) is 12.2 Å². The largest absolute Gasteiger partial charge is 0.343 e. The number of amides is 2. The summed E-state index contributed by atoms with van der Waals surface area (Å²) in [5.41, 5.74) is 0.562. The van der Waals surface area contributed by atoms with E-state index in [1.165, 1.54) is 21.3 Å². The SMILES string of the molecule is CC1CCN(S(=O)(=O)c2ccc(N3C[C@H](C(=O)NCC#N)CC3=O)cc2)CC1. The van der Waals surface area contributed by atoms with Crippen LogP contribution >= 0.6 is 0 Å². The van der Waals surface area contributed by atoms with Gasteiger partial charge in [-0.3, -0.25) is 9.59 Å². The van der Waals surface area contributed by atoms with Gasteiger partial charge in [-0.2, -0.15) is 9.57 Å². The molecule has 2 aliphatic rings. The Hall–Kier alpha value is -2.44. The standard InChI is InChI=1S/C19H24N4O4S/c1-14-6-10-22(11-7-14)28(26,27)17-4-2-16(3-5-17)23-13-15(12-18(23)24)19(25)21-9-8-20/h2-5,14-15H,6-7,9-13H2,1H3,(H,21,25)/t15-/m1/s1. The molecule has 2 amide bonds. The third-order valence-electron chi connectivity index (χ3n) is 5.37. The number of nitriles is 1. The Kier molecular flexibility index (Phi) is 6.01. The zero-order valence-electron chi connectivity index (χ0n) is 15.8. The molecular formula is C19H24N4O4S. The Morgan fingerprint density at radius 2 is 1.89 bits per heavy atom. The maximum absolute atomic E-state index is 12.8. The fourth-order valence-electron chi connectivity index (χ4n) is 3.58. The van der Waals surface area contributed by atoms with Crippen LogP contribution in [0.2, 0.25) is 0 Å². The van der Waals surface area contributed by atoms with Crippen LogP contribution < -0.4 is 10.2 Å². The predicted molar refractivity (Wildman–Crippen MR) is 103 cm³/mol. The Morgan fingerprint density at radius 1 is 1.25 bits per heavy atom. The van der Waals surface area contributed by atoms with Crippen molar-refractivity contribution < 1.29 is 18.0 Å². The molecule has 2 fully saturated rings. The number of nitrogens with zero attached hydrogens (tertiary/aromatic N) is 3. The molecule has 1 aromatic rings. The van der Waals surface area contributed by atoms with Gasteiger partial charge in [0.15, 0.2) is 0 Å². The van der Waals surface area contributed by atoms with Gasteiger partial charge in [0.25, 0.3) is 0 Å². The van der Waals surface area contributed by atoms with Crippen LogP contribution in [-0.2, 0) is 19.6 Å². The Balaban J connectivity index is 1.70. The molecule has 2 heterocycles. The molecule has 0 radical (unpaired) electrons. The van der Waals surface area contributed by atoms with Crippen molar-refractivity contribution in [3.8, 4) is 6.07 Å². The predicted octanol–water partition coefficient (Wildman–Crippen LogP) is 1.10. The van der Waals surface area contributed by atoms with Gasteiger partial charge in [0.1, 0.15) is 6.54 Å². The van der Waals surface area contributed by atoms with E-state index < -0.39 is 15.9 Å². The first-order valence-electron chi connectivity index (χ1n) is 9.38. The number of rotatable bonds is 5. The van der Waals surface area contributed by atoms with Crippen LogP contribution in [0.3, 0.4) is 0 Å². The number of carbonyl (C=O) groups excluding carboxylic acids is 2. The van der Waals surface area contributed by atoms with Gasteiger partial charge in [0.05, 0.1) is 16.9 Å². The quantitative estimate of drug-likeness (QED) is 0.739. The van der Waals surface area contributed by atoms with Crippen LogP contribution in [0.15, 0.2) is 29.2 Å². The highest BCUT2D eigenvalue weighted by Crippen LogP contribution is 2.28. The number of hydrogen-bond acceptors (Lipinski definition) is 5. The zero-order valence-corrected chi connectivity index (χ0v) is 16.6. The second-order valence-corrected chi connectivity index (χ2v) is 9.30. The summed E-state index contributed by atoms with van der Waals surface area (Å²) in [5.74, 6) is -0.499. The van der Waals surface area contributed by atoms with E-state index >= 15 is 0 Å². The van der Waals surface area contributed by atoms with Crippen molar-refractivity contribution in [2.45, 2.75) is 31.1 Å². The van der Waals surface area contributed by atoms with Crippen molar-refractivity contribution in [1.82, 2.24) is 9.62 Å². The Morgan fingerprint density at radius 3 is 2.50 bits per heavy atom. The van der Waals surface area contributed by atoms with Crippen LogP contribution in [0.4, 0.5) is 5.69 Å². The van der Waals surface area contributed by atoms with E-state index in [4.69, 9.17) is 5.26 Å². The normalized spacial score (nSPS) is 21.5. The lowest BCUT2D eigenvalue weighted by Gasteiger charge is -2.29.